The molecule has 2 aromatic carbocycles. The van der Waals surface area contributed by atoms with Gasteiger partial charge < -0.3 is 45.0 Å². The van der Waals surface area contributed by atoms with Crippen LogP contribution < -0.4 is 10.6 Å². The molecule has 0 spiro atoms. The zero-order valence-electron chi connectivity index (χ0n) is 34.0. The highest BCUT2D eigenvalue weighted by atomic mass is 16.5. The number of imidazole rings is 2. The van der Waals surface area contributed by atoms with Crippen LogP contribution in [-0.4, -0.2) is 103 Å². The lowest BCUT2D eigenvalue weighted by atomic mass is 9.90. The Balaban J connectivity index is 0.828. The molecule has 15 nitrogen and oxygen atoms in total. The Morgan fingerprint density at radius 3 is 1.73 bits per heavy atom. The van der Waals surface area contributed by atoms with Gasteiger partial charge in [0.15, 0.2) is 0 Å². The first-order valence-electron chi connectivity index (χ1n) is 21.1. The summed E-state index contributed by atoms with van der Waals surface area (Å²) < 4.78 is 10.3. The number of ether oxygens (including phenoxy) is 2. The van der Waals surface area contributed by atoms with E-state index < -0.39 is 24.3 Å². The summed E-state index contributed by atoms with van der Waals surface area (Å²) in [6.45, 7) is 4.88. The molecule has 5 heterocycles. The largest absolute Gasteiger partial charge is 0.465 e. The van der Waals surface area contributed by atoms with Crippen LogP contribution in [0.1, 0.15) is 87.2 Å². The highest BCUT2D eigenvalue weighted by Crippen LogP contribution is 2.54. The molecule has 9 rings (SSSR count). The molecule has 0 radical (unpaired) electrons. The lowest BCUT2D eigenvalue weighted by molar-refractivity contribution is -0.138. The molecule has 5 N–H and O–H groups in total. The number of piperidine rings is 2. The molecule has 3 aliphatic heterocycles. The lowest BCUT2D eigenvalue weighted by Crippen LogP contribution is -2.53. The third-order valence-corrected chi connectivity index (χ3v) is 13.1. The first-order chi connectivity index (χ1) is 29.1. The van der Waals surface area contributed by atoms with Crippen LogP contribution in [0, 0.1) is 23.7 Å². The fraction of sp³-hybridized carbons (Fsp3) is 0.467. The van der Waals surface area contributed by atoms with E-state index in [0.717, 1.165) is 71.0 Å². The molecular formula is C45H52N8O7. The third kappa shape index (κ3) is 7.89. The minimum Gasteiger partial charge on any atom is -0.465 e. The average molecular weight is 817 g/mol. The van der Waals surface area contributed by atoms with Gasteiger partial charge in [-0.05, 0) is 73.3 Å². The van der Waals surface area contributed by atoms with Gasteiger partial charge in [-0.2, -0.15) is 0 Å². The van der Waals surface area contributed by atoms with Gasteiger partial charge in [-0.1, -0.05) is 74.5 Å². The fourth-order valence-electron chi connectivity index (χ4n) is 9.65. The van der Waals surface area contributed by atoms with Crippen molar-refractivity contribution in [3.8, 4) is 22.5 Å². The van der Waals surface area contributed by atoms with E-state index in [-0.39, 0.29) is 47.8 Å². The number of H-pyrrole nitrogens is 2. The van der Waals surface area contributed by atoms with Gasteiger partial charge in [0.1, 0.15) is 23.7 Å². The first-order valence-corrected chi connectivity index (χ1v) is 21.1. The Morgan fingerprint density at radius 1 is 0.767 bits per heavy atom. The number of hydrogen-bond acceptors (Lipinski definition) is 8. The lowest BCUT2D eigenvalue weighted by Gasteiger charge is -2.35. The molecule has 5 aliphatic rings. The number of alkyl carbamates (subject to hydrolysis) is 1. The summed E-state index contributed by atoms with van der Waals surface area (Å²) in [6.07, 6.45) is 10.9. The molecule has 0 bridgehead atoms. The molecule has 1 unspecified atom stereocenters. The number of benzene rings is 2. The van der Waals surface area contributed by atoms with Crippen molar-refractivity contribution < 1.29 is 33.8 Å². The second-order valence-electron chi connectivity index (χ2n) is 17.3. The highest BCUT2D eigenvalue weighted by Gasteiger charge is 2.57. The number of hydrogen-bond donors (Lipinski definition) is 5. The van der Waals surface area contributed by atoms with Gasteiger partial charge in [0.25, 0.3) is 0 Å². The average Bonchev–Trinajstić information content (AvgIpc) is 3.84. The van der Waals surface area contributed by atoms with Gasteiger partial charge in [0, 0.05) is 48.8 Å². The number of carboxylic acid groups (broad SMARTS) is 1. The second kappa shape index (κ2) is 16.2. The molecule has 8 atom stereocenters. The SMILES string of the molecule is COC(=O)N[C@H](C(=O)N1C2C[C@H]2C[C@H]1c1nc(-c2ccc(C=Cc3ccc(-c4c[nH]c([C@@H]5C[C@H]6C[C@H]6N5C(=O)[C@@H](NC(=O)O)C5CCOCC5)n4)cc3)cc2)c[nH]1)C(C)C. The van der Waals surface area contributed by atoms with Crippen molar-refractivity contribution >= 4 is 36.2 Å². The summed E-state index contributed by atoms with van der Waals surface area (Å²) in [5, 5.41) is 14.9. The molecule has 314 valence electrons. The van der Waals surface area contributed by atoms with Crippen molar-refractivity contribution in [1.82, 2.24) is 40.4 Å². The fourth-order valence-corrected chi connectivity index (χ4v) is 9.65. The Kier molecular flexibility index (Phi) is 10.7. The van der Waals surface area contributed by atoms with Crippen LogP contribution in [0.3, 0.4) is 0 Å². The van der Waals surface area contributed by atoms with Gasteiger partial charge in [0.2, 0.25) is 11.8 Å². The van der Waals surface area contributed by atoms with Gasteiger partial charge in [-0.25, -0.2) is 19.6 Å². The van der Waals surface area contributed by atoms with Crippen molar-refractivity contribution in [3.63, 3.8) is 0 Å². The number of amides is 4. The summed E-state index contributed by atoms with van der Waals surface area (Å²) in [6, 6.07) is 14.8. The van der Waals surface area contributed by atoms with Crippen molar-refractivity contribution in [1.29, 1.82) is 0 Å². The van der Waals surface area contributed by atoms with Gasteiger partial charge in [0.05, 0.1) is 30.6 Å². The smallest absolute Gasteiger partial charge is 0.407 e. The number of fused-ring (bicyclic) bond motifs is 2. The van der Waals surface area contributed by atoms with E-state index in [0.29, 0.717) is 37.9 Å². The van der Waals surface area contributed by atoms with E-state index >= 15 is 0 Å². The molecule has 4 aromatic rings. The van der Waals surface area contributed by atoms with E-state index in [1.54, 1.807) is 0 Å². The molecule has 5 fully saturated rings. The van der Waals surface area contributed by atoms with Crippen molar-refractivity contribution in [2.45, 2.75) is 88.6 Å². The van der Waals surface area contributed by atoms with Crippen LogP contribution in [-0.2, 0) is 19.1 Å². The maximum Gasteiger partial charge on any atom is 0.407 e. The Morgan fingerprint density at radius 2 is 1.27 bits per heavy atom. The van der Waals surface area contributed by atoms with Crippen molar-refractivity contribution in [2.24, 2.45) is 23.7 Å². The molecular weight excluding hydrogens is 765 g/mol. The van der Waals surface area contributed by atoms with Gasteiger partial charge in [-0.15, -0.1) is 0 Å². The molecule has 3 saturated heterocycles. The number of nitrogens with zero attached hydrogens (tertiary/aromatic N) is 4. The molecule has 60 heavy (non-hydrogen) atoms. The quantitative estimate of drug-likeness (QED) is 0.101. The third-order valence-electron chi connectivity index (χ3n) is 13.1. The Labute approximate surface area is 348 Å². The number of carbonyl (C=O) groups is 4. The Bertz CT molecular complexity index is 2260. The van der Waals surface area contributed by atoms with Crippen LogP contribution in [0.4, 0.5) is 9.59 Å². The van der Waals surface area contributed by atoms with Crippen molar-refractivity contribution in [3.05, 3.63) is 83.7 Å². The standard InChI is InChI=1S/C45H52N8O7/c1-24(2)38(51-45(58)59-3)42(54)52-34-18-30(34)20-36(52)40-46-22-32(48-40)27-10-6-25(7-11-27)4-5-26-8-12-28(13-9-26)33-23-47-41(49-33)37-21-31-19-35(31)53(37)43(55)39(50-44(56)57)29-14-16-60-17-15-29/h4-13,22-24,29-31,34-39,50H,14-21H2,1-3H3,(H,46,48)(H,47,49)(H,51,58)(H,56,57)/t30-,31+,34?,35+,36-,37-,38-,39-/m0/s1. The van der Waals surface area contributed by atoms with Crippen LogP contribution in [0.5, 0.6) is 0 Å². The van der Waals surface area contributed by atoms with E-state index in [9.17, 15) is 24.3 Å². The number of rotatable bonds is 12. The minimum atomic E-state index is -1.19. The summed E-state index contributed by atoms with van der Waals surface area (Å²) in [7, 11) is 1.30. The highest BCUT2D eigenvalue weighted by molar-refractivity contribution is 5.88. The predicted octanol–water partition coefficient (Wildman–Crippen LogP) is 6.40. The molecule has 15 heteroatoms. The Hall–Kier alpha value is -5.96. The van der Waals surface area contributed by atoms with Crippen LogP contribution >= 0.6 is 0 Å². The number of nitrogens with one attached hydrogen (secondary N) is 4. The summed E-state index contributed by atoms with van der Waals surface area (Å²) in [5.41, 5.74) is 5.57. The van der Waals surface area contributed by atoms with Crippen LogP contribution in [0.2, 0.25) is 0 Å². The van der Waals surface area contributed by atoms with Crippen LogP contribution in [0.15, 0.2) is 60.9 Å². The molecule has 2 saturated carbocycles. The molecule has 2 aromatic heterocycles. The first kappa shape index (κ1) is 39.5. The van der Waals surface area contributed by atoms with Crippen LogP contribution in [0.25, 0.3) is 34.7 Å². The zero-order valence-corrected chi connectivity index (χ0v) is 34.0. The molecule has 2 aliphatic carbocycles. The van der Waals surface area contributed by atoms with E-state index in [4.69, 9.17) is 19.4 Å². The topological polar surface area (TPSA) is 195 Å². The zero-order chi connectivity index (χ0) is 41.7. The minimum absolute atomic E-state index is 0.0980. The normalized spacial score (nSPS) is 25.5. The number of aromatic amines is 2. The monoisotopic (exact) mass is 816 g/mol. The van der Waals surface area contributed by atoms with E-state index in [1.807, 2.05) is 72.4 Å². The molecule has 4 amide bonds. The maximum absolute atomic E-state index is 14.0. The van der Waals surface area contributed by atoms with E-state index in [2.05, 4.69) is 44.9 Å². The maximum atomic E-state index is 14.0. The number of aromatic nitrogens is 4. The van der Waals surface area contributed by atoms with Gasteiger partial charge >= 0.3 is 12.2 Å². The summed E-state index contributed by atoms with van der Waals surface area (Å²) in [5.74, 6) is 1.87. The second-order valence-corrected chi connectivity index (χ2v) is 17.3. The number of likely N-dealkylation sites (tertiary alicyclic amines) is 2. The predicted molar refractivity (Wildman–Crippen MR) is 222 cm³/mol. The number of carbonyl (C=O) groups excluding carboxylic acids is 3. The van der Waals surface area contributed by atoms with E-state index in [1.165, 1.54) is 7.11 Å². The summed E-state index contributed by atoms with van der Waals surface area (Å²) in [4.78, 5) is 71.9. The number of methoxy groups -OCH3 is 1. The van der Waals surface area contributed by atoms with Crippen molar-refractivity contribution in [2.75, 3.05) is 20.3 Å². The summed E-state index contributed by atoms with van der Waals surface area (Å²) >= 11 is 0. The van der Waals surface area contributed by atoms with Gasteiger partial charge in [-0.3, -0.25) is 9.59 Å².